The van der Waals surface area contributed by atoms with Crippen LogP contribution in [0, 0.1) is 0 Å². The van der Waals surface area contributed by atoms with Gasteiger partial charge in [0.25, 0.3) is 0 Å². The molecule has 0 aliphatic rings. The lowest BCUT2D eigenvalue weighted by molar-refractivity contribution is -0.133. The number of hydrogen-bond acceptors (Lipinski definition) is 3. The lowest BCUT2D eigenvalue weighted by Crippen LogP contribution is -2.03. The molecule has 62 valence electrons. The van der Waals surface area contributed by atoms with Crippen molar-refractivity contribution in [2.45, 2.75) is 13.0 Å². The number of aliphatic hydroxyl groups is 2. The van der Waals surface area contributed by atoms with Crippen LogP contribution in [0.5, 0.6) is 0 Å². The highest BCUT2D eigenvalue weighted by Gasteiger charge is 1.83. The highest BCUT2D eigenvalue weighted by atomic mass is 79.9. The Morgan fingerprint density at radius 3 is 1.90 bits per heavy atom. The lowest BCUT2D eigenvalue weighted by atomic mass is 10.5. The van der Waals surface area contributed by atoms with Gasteiger partial charge in [0.2, 0.25) is 0 Å². The summed E-state index contributed by atoms with van der Waals surface area (Å²) in [6.07, 6.45) is -0.560. The van der Waals surface area contributed by atoms with Crippen LogP contribution in [0.1, 0.15) is 6.92 Å². The molecule has 0 saturated heterocycles. The molecule has 0 aromatic rings. The molecule has 0 spiro atoms. The molecule has 1 unspecified atom stereocenters. The molecular formula is C5H11BrO4. The van der Waals surface area contributed by atoms with Gasteiger partial charge in [-0.2, -0.15) is 0 Å². The number of carboxylic acid groups (broad SMARTS) is 1. The largest absolute Gasteiger partial charge is 0.481 e. The summed E-state index contributed by atoms with van der Waals surface area (Å²) in [5.41, 5.74) is 0. The van der Waals surface area contributed by atoms with E-state index in [1.165, 1.54) is 6.92 Å². The summed E-state index contributed by atoms with van der Waals surface area (Å²) in [5.74, 6) is -0.829. The Balaban J connectivity index is 0. The number of rotatable bonds is 2. The monoisotopic (exact) mass is 214 g/mol. The predicted molar refractivity (Wildman–Crippen MR) is 40.2 cm³/mol. The molecular weight excluding hydrogens is 204 g/mol. The van der Waals surface area contributed by atoms with E-state index in [4.69, 9.17) is 15.3 Å². The number of alkyl halides is 1. The quantitative estimate of drug-likeness (QED) is 0.558. The number of aliphatic carboxylic acids is 1. The molecule has 0 rings (SSSR count). The molecule has 0 fully saturated rings. The van der Waals surface area contributed by atoms with Crippen LogP contribution in [0.3, 0.4) is 0 Å². The number of aliphatic hydroxyl groups excluding tert-OH is 2. The van der Waals surface area contributed by atoms with Crippen molar-refractivity contribution in [3.63, 3.8) is 0 Å². The first-order chi connectivity index (χ1) is 4.54. The van der Waals surface area contributed by atoms with Crippen LogP contribution in [0.15, 0.2) is 0 Å². The fraction of sp³-hybridized carbons (Fsp3) is 0.800. The third kappa shape index (κ3) is 24.8. The van der Waals surface area contributed by atoms with Crippen LogP contribution < -0.4 is 0 Å². The van der Waals surface area contributed by atoms with Gasteiger partial charge >= 0.3 is 5.97 Å². The Morgan fingerprint density at radius 1 is 1.70 bits per heavy atom. The van der Waals surface area contributed by atoms with Gasteiger partial charge in [0.05, 0.1) is 12.7 Å². The first-order valence-electron chi connectivity index (χ1n) is 2.61. The molecule has 0 heterocycles. The summed E-state index contributed by atoms with van der Waals surface area (Å²) in [6.45, 7) is 1.39. The van der Waals surface area contributed by atoms with Gasteiger partial charge in [0.1, 0.15) is 5.33 Å². The highest BCUT2D eigenvalue weighted by Crippen LogP contribution is 1.73. The van der Waals surface area contributed by atoms with Gasteiger partial charge in [0, 0.05) is 0 Å². The van der Waals surface area contributed by atoms with E-state index in [1.54, 1.807) is 0 Å². The second-order valence-electron chi connectivity index (χ2n) is 1.56. The lowest BCUT2D eigenvalue weighted by Gasteiger charge is -1.90. The van der Waals surface area contributed by atoms with Crippen molar-refractivity contribution >= 4 is 21.9 Å². The Morgan fingerprint density at radius 2 is 1.90 bits per heavy atom. The fourth-order valence-corrected chi connectivity index (χ4v) is 0. The van der Waals surface area contributed by atoms with E-state index in [0.717, 1.165) is 0 Å². The second kappa shape index (κ2) is 8.87. The van der Waals surface area contributed by atoms with Gasteiger partial charge in [-0.3, -0.25) is 4.79 Å². The summed E-state index contributed by atoms with van der Waals surface area (Å²) in [4.78, 5) is 9.32. The van der Waals surface area contributed by atoms with Crippen LogP contribution in [0.25, 0.3) is 0 Å². The van der Waals surface area contributed by atoms with Crippen molar-refractivity contribution in [1.82, 2.24) is 0 Å². The van der Waals surface area contributed by atoms with Crippen LogP contribution in [-0.2, 0) is 4.79 Å². The third-order valence-electron chi connectivity index (χ3n) is 0.379. The van der Waals surface area contributed by atoms with Gasteiger partial charge in [-0.25, -0.2) is 0 Å². The molecule has 0 aliphatic carbocycles. The average Bonchev–Trinajstić information content (AvgIpc) is 1.89. The molecule has 0 aromatic carbocycles. The smallest absolute Gasteiger partial charge is 0.314 e. The molecule has 4 nitrogen and oxygen atoms in total. The zero-order valence-electron chi connectivity index (χ0n) is 5.62. The van der Waals surface area contributed by atoms with Crippen LogP contribution >= 0.6 is 15.9 Å². The standard InChI is InChI=1S/C3H8O2.C2H3BrO2/c1-3(5)2-4;3-1-2(4)5/h3-5H,2H2,1H3;1H2,(H,4,5). The van der Waals surface area contributed by atoms with Crippen molar-refractivity contribution in [2.75, 3.05) is 11.9 Å². The minimum Gasteiger partial charge on any atom is -0.481 e. The molecule has 0 amide bonds. The summed E-state index contributed by atoms with van der Waals surface area (Å²) in [5, 5.41) is 23.7. The maximum absolute atomic E-state index is 9.32. The van der Waals surface area contributed by atoms with Gasteiger partial charge in [-0.1, -0.05) is 15.9 Å². The highest BCUT2D eigenvalue weighted by molar-refractivity contribution is 9.09. The van der Waals surface area contributed by atoms with E-state index >= 15 is 0 Å². The summed E-state index contributed by atoms with van der Waals surface area (Å²) < 4.78 is 0. The minimum absolute atomic E-state index is 0.0347. The first kappa shape index (κ1) is 12.5. The molecule has 3 N–H and O–H groups in total. The van der Waals surface area contributed by atoms with Crippen LogP contribution in [0.4, 0.5) is 0 Å². The van der Waals surface area contributed by atoms with E-state index in [0.29, 0.717) is 0 Å². The van der Waals surface area contributed by atoms with Crippen LogP contribution in [-0.4, -0.2) is 39.3 Å². The first-order valence-corrected chi connectivity index (χ1v) is 3.73. The Kier molecular flexibility index (Phi) is 11.1. The SMILES string of the molecule is CC(O)CO.O=C(O)CBr. The number of hydrogen-bond donors (Lipinski definition) is 3. The van der Waals surface area contributed by atoms with Gasteiger partial charge in [-0.15, -0.1) is 0 Å². The zero-order valence-corrected chi connectivity index (χ0v) is 7.21. The molecule has 0 aromatic heterocycles. The second-order valence-corrected chi connectivity index (χ2v) is 2.12. The average molecular weight is 215 g/mol. The predicted octanol–water partition coefficient (Wildman–Crippen LogP) is -0.175. The molecule has 0 bridgehead atoms. The van der Waals surface area contributed by atoms with E-state index < -0.39 is 12.1 Å². The molecule has 1 atom stereocenters. The van der Waals surface area contributed by atoms with Gasteiger partial charge in [0.15, 0.2) is 0 Å². The van der Waals surface area contributed by atoms with E-state index in [9.17, 15) is 4.79 Å². The molecule has 0 saturated carbocycles. The van der Waals surface area contributed by atoms with E-state index in [1.807, 2.05) is 0 Å². The third-order valence-corrected chi connectivity index (χ3v) is 0.858. The van der Waals surface area contributed by atoms with Crippen molar-refractivity contribution in [3.8, 4) is 0 Å². The number of carboxylic acids is 1. The molecule has 10 heavy (non-hydrogen) atoms. The summed E-state index contributed by atoms with van der Waals surface area (Å²) in [7, 11) is 0. The summed E-state index contributed by atoms with van der Waals surface area (Å²) >= 11 is 2.71. The maximum atomic E-state index is 9.32. The van der Waals surface area contributed by atoms with Crippen molar-refractivity contribution in [3.05, 3.63) is 0 Å². The minimum atomic E-state index is -0.829. The number of carbonyl (C=O) groups is 1. The summed E-state index contributed by atoms with van der Waals surface area (Å²) in [6, 6.07) is 0. The van der Waals surface area contributed by atoms with E-state index in [2.05, 4.69) is 15.9 Å². The molecule has 5 heteroatoms. The Hall–Kier alpha value is -0.130. The zero-order chi connectivity index (χ0) is 8.57. The fourth-order valence-electron chi connectivity index (χ4n) is 0. The maximum Gasteiger partial charge on any atom is 0.314 e. The van der Waals surface area contributed by atoms with Crippen LogP contribution in [0.2, 0.25) is 0 Å². The van der Waals surface area contributed by atoms with Gasteiger partial charge < -0.3 is 15.3 Å². The van der Waals surface area contributed by atoms with E-state index in [-0.39, 0.29) is 11.9 Å². The molecule has 0 aliphatic heterocycles. The molecule has 0 radical (unpaired) electrons. The Labute approximate surface area is 67.6 Å². The number of halogens is 1. The topological polar surface area (TPSA) is 77.8 Å². The normalized spacial score (nSPS) is 11.2. The van der Waals surface area contributed by atoms with Crippen molar-refractivity contribution in [1.29, 1.82) is 0 Å². The van der Waals surface area contributed by atoms with Gasteiger partial charge in [-0.05, 0) is 6.92 Å². The van der Waals surface area contributed by atoms with Crippen molar-refractivity contribution in [2.24, 2.45) is 0 Å². The van der Waals surface area contributed by atoms with Crippen molar-refractivity contribution < 1.29 is 20.1 Å². The Bertz CT molecular complexity index is 83.7.